The topological polar surface area (TPSA) is 43.2 Å². The average Bonchev–Trinajstić information content (AvgIpc) is 3.17. The van der Waals surface area contributed by atoms with Crippen LogP contribution >= 0.6 is 0 Å². The zero-order valence-electron chi connectivity index (χ0n) is 15.3. The van der Waals surface area contributed by atoms with Gasteiger partial charge in [-0.2, -0.15) is 0 Å². The van der Waals surface area contributed by atoms with E-state index in [1.807, 2.05) is 6.92 Å². The van der Waals surface area contributed by atoms with Crippen LogP contribution in [-0.4, -0.2) is 32.8 Å². The van der Waals surface area contributed by atoms with Gasteiger partial charge < -0.3 is 9.30 Å². The third-order valence-corrected chi connectivity index (χ3v) is 5.75. The van der Waals surface area contributed by atoms with E-state index in [1.54, 1.807) is 0 Å². The Kier molecular flexibility index (Phi) is 4.75. The first-order valence-electron chi connectivity index (χ1n) is 9.61. The molecule has 0 N–H and O–H groups in total. The molecular formula is C20H28N4O. The first kappa shape index (κ1) is 16.6. The molecule has 1 aromatic carbocycles. The summed E-state index contributed by atoms with van der Waals surface area (Å²) in [6, 6.07) is 9.08. The lowest BCUT2D eigenvalue weighted by atomic mass is 9.85. The molecule has 5 heteroatoms. The van der Waals surface area contributed by atoms with Crippen molar-refractivity contribution >= 4 is 0 Å². The smallest absolute Gasteiger partial charge is 0.146 e. The largest absolute Gasteiger partial charge is 0.494 e. The molecule has 134 valence electrons. The first-order valence-corrected chi connectivity index (χ1v) is 9.61. The van der Waals surface area contributed by atoms with Crippen molar-refractivity contribution in [3.8, 4) is 5.75 Å². The summed E-state index contributed by atoms with van der Waals surface area (Å²) in [4.78, 5) is 2.55. The number of ether oxygens (including phenoxy) is 1. The molecule has 2 aromatic rings. The van der Waals surface area contributed by atoms with Crippen molar-refractivity contribution in [3.05, 3.63) is 41.5 Å². The summed E-state index contributed by atoms with van der Waals surface area (Å²) in [7, 11) is 2.13. The Bertz CT molecular complexity index is 705. The van der Waals surface area contributed by atoms with Crippen LogP contribution in [0.4, 0.5) is 0 Å². The minimum atomic E-state index is 0.472. The zero-order valence-corrected chi connectivity index (χ0v) is 15.3. The van der Waals surface area contributed by atoms with E-state index < -0.39 is 0 Å². The monoisotopic (exact) mass is 340 g/mol. The van der Waals surface area contributed by atoms with Crippen LogP contribution in [0.15, 0.2) is 24.3 Å². The molecular weight excluding hydrogens is 312 g/mol. The highest BCUT2D eigenvalue weighted by Crippen LogP contribution is 2.36. The van der Waals surface area contributed by atoms with Crippen molar-refractivity contribution in [2.24, 2.45) is 7.05 Å². The van der Waals surface area contributed by atoms with Gasteiger partial charge in [-0.15, -0.1) is 10.2 Å². The van der Waals surface area contributed by atoms with E-state index in [4.69, 9.17) is 4.74 Å². The van der Waals surface area contributed by atoms with Gasteiger partial charge in [0.25, 0.3) is 0 Å². The molecule has 2 aliphatic rings. The molecule has 1 atom stereocenters. The van der Waals surface area contributed by atoms with Crippen LogP contribution in [0.25, 0.3) is 0 Å². The Hall–Kier alpha value is -1.88. The maximum atomic E-state index is 5.57. The number of benzene rings is 1. The molecule has 25 heavy (non-hydrogen) atoms. The van der Waals surface area contributed by atoms with Crippen LogP contribution in [0.3, 0.4) is 0 Å². The number of hydrogen-bond acceptors (Lipinski definition) is 4. The maximum absolute atomic E-state index is 5.57. The van der Waals surface area contributed by atoms with E-state index in [1.165, 1.54) is 43.5 Å². The van der Waals surface area contributed by atoms with Gasteiger partial charge in [-0.1, -0.05) is 18.6 Å². The summed E-state index contributed by atoms with van der Waals surface area (Å²) in [5.41, 5.74) is 1.38. The molecule has 1 aromatic heterocycles. The van der Waals surface area contributed by atoms with Crippen LogP contribution in [0.1, 0.15) is 68.2 Å². The highest BCUT2D eigenvalue weighted by Gasteiger charge is 2.29. The molecule has 1 aliphatic heterocycles. The van der Waals surface area contributed by atoms with Gasteiger partial charge >= 0.3 is 0 Å². The van der Waals surface area contributed by atoms with E-state index in [0.717, 1.165) is 24.7 Å². The van der Waals surface area contributed by atoms with Gasteiger partial charge in [-0.05, 0) is 56.8 Å². The molecule has 2 heterocycles. The van der Waals surface area contributed by atoms with E-state index in [0.29, 0.717) is 18.6 Å². The second-order valence-corrected chi connectivity index (χ2v) is 7.29. The Labute approximate surface area is 150 Å². The quantitative estimate of drug-likeness (QED) is 0.802. The van der Waals surface area contributed by atoms with Gasteiger partial charge in [-0.3, -0.25) is 4.90 Å². The molecule has 4 rings (SSSR count). The maximum Gasteiger partial charge on any atom is 0.146 e. The summed E-state index contributed by atoms with van der Waals surface area (Å²) < 4.78 is 7.80. The van der Waals surface area contributed by atoms with Gasteiger partial charge in [-0.25, -0.2) is 0 Å². The van der Waals surface area contributed by atoms with E-state index in [9.17, 15) is 0 Å². The number of nitrogens with zero attached hydrogens (tertiary/aromatic N) is 4. The van der Waals surface area contributed by atoms with Crippen molar-refractivity contribution in [3.63, 3.8) is 0 Å². The molecule has 2 fully saturated rings. The molecule has 1 saturated carbocycles. The van der Waals surface area contributed by atoms with Gasteiger partial charge in [0.2, 0.25) is 0 Å². The Morgan fingerprint density at radius 2 is 1.88 bits per heavy atom. The predicted molar refractivity (Wildman–Crippen MR) is 97.6 cm³/mol. The number of aromatic nitrogens is 3. The highest BCUT2D eigenvalue weighted by atomic mass is 16.5. The summed E-state index contributed by atoms with van der Waals surface area (Å²) in [5.74, 6) is 3.86. The Morgan fingerprint density at radius 3 is 2.56 bits per heavy atom. The molecule has 0 radical (unpaired) electrons. The van der Waals surface area contributed by atoms with Crippen molar-refractivity contribution < 1.29 is 4.74 Å². The molecule has 0 amide bonds. The van der Waals surface area contributed by atoms with E-state index >= 15 is 0 Å². The summed E-state index contributed by atoms with van der Waals surface area (Å²) in [5, 5.41) is 8.98. The second kappa shape index (κ2) is 7.16. The lowest BCUT2D eigenvalue weighted by Crippen LogP contribution is -2.25. The SMILES string of the molecule is CCOc1ccc([C@H]2CCCN2Cc2nnc(C3CCC3)n2C)cc1. The minimum Gasteiger partial charge on any atom is -0.494 e. The zero-order chi connectivity index (χ0) is 17.2. The summed E-state index contributed by atoms with van der Waals surface area (Å²) in [6.07, 6.45) is 6.32. The number of rotatable bonds is 6. The lowest BCUT2D eigenvalue weighted by Gasteiger charge is -2.26. The van der Waals surface area contributed by atoms with E-state index in [2.05, 4.69) is 51.0 Å². The predicted octanol–water partition coefficient (Wildman–Crippen LogP) is 3.82. The minimum absolute atomic E-state index is 0.472. The highest BCUT2D eigenvalue weighted by molar-refractivity contribution is 5.29. The van der Waals surface area contributed by atoms with Gasteiger partial charge in [0.1, 0.15) is 17.4 Å². The molecule has 1 saturated heterocycles. The fourth-order valence-corrected chi connectivity index (χ4v) is 4.06. The van der Waals surface area contributed by atoms with Crippen molar-refractivity contribution in [1.82, 2.24) is 19.7 Å². The van der Waals surface area contributed by atoms with Gasteiger partial charge in [0.05, 0.1) is 13.2 Å². The molecule has 0 spiro atoms. The molecule has 1 aliphatic carbocycles. The molecule has 5 nitrogen and oxygen atoms in total. The van der Waals surface area contributed by atoms with Crippen LogP contribution in [-0.2, 0) is 13.6 Å². The van der Waals surface area contributed by atoms with Crippen LogP contribution in [0, 0.1) is 0 Å². The molecule has 0 unspecified atom stereocenters. The first-order chi connectivity index (χ1) is 12.3. The third kappa shape index (κ3) is 3.30. The lowest BCUT2D eigenvalue weighted by molar-refractivity contribution is 0.239. The normalized spacial score (nSPS) is 21.4. The summed E-state index contributed by atoms with van der Waals surface area (Å²) >= 11 is 0. The van der Waals surface area contributed by atoms with Crippen LogP contribution in [0.2, 0.25) is 0 Å². The Morgan fingerprint density at radius 1 is 1.08 bits per heavy atom. The van der Waals surface area contributed by atoms with Gasteiger partial charge in [0.15, 0.2) is 0 Å². The standard InChI is InChI=1S/C20H28N4O/c1-3-25-17-11-9-15(10-12-17)18-8-5-13-24(18)14-19-21-22-20(23(19)2)16-6-4-7-16/h9-12,16,18H,3-8,13-14H2,1-2H3/t18-/m1/s1. The van der Waals surface area contributed by atoms with Crippen molar-refractivity contribution in [2.45, 2.75) is 57.5 Å². The molecule has 0 bridgehead atoms. The van der Waals surface area contributed by atoms with Crippen molar-refractivity contribution in [2.75, 3.05) is 13.2 Å². The summed E-state index contributed by atoms with van der Waals surface area (Å²) in [6.45, 7) is 4.74. The van der Waals surface area contributed by atoms with Gasteiger partial charge in [0, 0.05) is 19.0 Å². The Balaban J connectivity index is 1.47. The fourth-order valence-electron chi connectivity index (χ4n) is 4.06. The third-order valence-electron chi connectivity index (χ3n) is 5.75. The fraction of sp³-hybridized carbons (Fsp3) is 0.600. The van der Waals surface area contributed by atoms with Crippen molar-refractivity contribution in [1.29, 1.82) is 0 Å². The number of hydrogen-bond donors (Lipinski definition) is 0. The second-order valence-electron chi connectivity index (χ2n) is 7.29. The van der Waals surface area contributed by atoms with Crippen LogP contribution in [0.5, 0.6) is 5.75 Å². The van der Waals surface area contributed by atoms with E-state index in [-0.39, 0.29) is 0 Å². The average molecular weight is 340 g/mol. The number of likely N-dealkylation sites (tertiary alicyclic amines) is 1. The van der Waals surface area contributed by atoms with Crippen LogP contribution < -0.4 is 4.74 Å².